The summed E-state index contributed by atoms with van der Waals surface area (Å²) in [5.41, 5.74) is 1.21. The average Bonchev–Trinajstić information content (AvgIpc) is 2.47. The summed E-state index contributed by atoms with van der Waals surface area (Å²) in [7, 11) is 0. The Morgan fingerprint density at radius 1 is 1.29 bits per heavy atom. The molecule has 4 heteroatoms. The van der Waals surface area contributed by atoms with Crippen molar-refractivity contribution in [2.24, 2.45) is 0 Å². The maximum Gasteiger partial charge on any atom is 0.260 e. The van der Waals surface area contributed by atoms with E-state index < -0.39 is 6.10 Å². The molecule has 1 atom stereocenters. The van der Waals surface area contributed by atoms with E-state index in [2.05, 4.69) is 25.2 Å². The topological polar surface area (TPSA) is 47.6 Å². The van der Waals surface area contributed by atoms with E-state index in [1.165, 1.54) is 5.56 Å². The molecule has 0 aromatic heterocycles. The molecule has 0 aliphatic carbocycles. The fraction of sp³-hybridized carbons (Fsp3) is 0.588. The van der Waals surface area contributed by atoms with Crippen LogP contribution >= 0.6 is 0 Å². The Kier molecular flexibility index (Phi) is 7.83. The van der Waals surface area contributed by atoms with Gasteiger partial charge in [-0.3, -0.25) is 4.79 Å². The van der Waals surface area contributed by atoms with Gasteiger partial charge in [0, 0.05) is 19.8 Å². The van der Waals surface area contributed by atoms with Gasteiger partial charge in [0.2, 0.25) is 0 Å². The SMILES string of the molecule is CCOCCCNC(=O)C(C)Oc1cccc(C(C)C)c1. The molecule has 4 nitrogen and oxygen atoms in total. The first-order chi connectivity index (χ1) is 10.0. The van der Waals surface area contributed by atoms with E-state index in [1.54, 1.807) is 6.92 Å². The smallest absolute Gasteiger partial charge is 0.260 e. The fourth-order valence-corrected chi connectivity index (χ4v) is 1.88. The van der Waals surface area contributed by atoms with Crippen LogP contribution in [0.25, 0.3) is 0 Å². The monoisotopic (exact) mass is 293 g/mol. The predicted octanol–water partition coefficient (Wildman–Crippen LogP) is 3.12. The van der Waals surface area contributed by atoms with Gasteiger partial charge in [-0.15, -0.1) is 0 Å². The molecule has 0 fully saturated rings. The second-order valence-corrected chi connectivity index (χ2v) is 5.33. The number of amides is 1. The van der Waals surface area contributed by atoms with Gasteiger partial charge in [0.1, 0.15) is 5.75 Å². The van der Waals surface area contributed by atoms with E-state index in [4.69, 9.17) is 9.47 Å². The standard InChI is InChI=1S/C17H27NO3/c1-5-20-11-7-10-18-17(19)14(4)21-16-9-6-8-15(12-16)13(2)3/h6,8-9,12-14H,5,7,10-11H2,1-4H3,(H,18,19). The molecule has 0 radical (unpaired) electrons. The minimum atomic E-state index is -0.500. The molecule has 1 amide bonds. The highest BCUT2D eigenvalue weighted by Gasteiger charge is 2.14. The number of hydrogen-bond donors (Lipinski definition) is 1. The molecule has 0 saturated heterocycles. The van der Waals surface area contributed by atoms with E-state index in [0.29, 0.717) is 25.7 Å². The molecule has 0 bridgehead atoms. The molecule has 118 valence electrons. The molecule has 1 aromatic carbocycles. The molecule has 21 heavy (non-hydrogen) atoms. The molecule has 0 heterocycles. The quantitative estimate of drug-likeness (QED) is 0.712. The number of carbonyl (C=O) groups is 1. The highest BCUT2D eigenvalue weighted by atomic mass is 16.5. The lowest BCUT2D eigenvalue weighted by Crippen LogP contribution is -2.37. The van der Waals surface area contributed by atoms with Crippen LogP contribution in [0.1, 0.15) is 45.6 Å². The van der Waals surface area contributed by atoms with E-state index in [1.807, 2.05) is 25.1 Å². The molecule has 0 spiro atoms. The zero-order valence-corrected chi connectivity index (χ0v) is 13.5. The molecule has 1 N–H and O–H groups in total. The van der Waals surface area contributed by atoms with E-state index >= 15 is 0 Å². The van der Waals surface area contributed by atoms with Gasteiger partial charge >= 0.3 is 0 Å². The van der Waals surface area contributed by atoms with Gasteiger partial charge in [0.25, 0.3) is 5.91 Å². The second-order valence-electron chi connectivity index (χ2n) is 5.33. The van der Waals surface area contributed by atoms with Crippen LogP contribution in [-0.2, 0) is 9.53 Å². The lowest BCUT2D eigenvalue weighted by molar-refractivity contribution is -0.127. The molecule has 0 aliphatic heterocycles. The van der Waals surface area contributed by atoms with Crippen LogP contribution < -0.4 is 10.1 Å². The van der Waals surface area contributed by atoms with Crippen LogP contribution in [0.3, 0.4) is 0 Å². The van der Waals surface area contributed by atoms with E-state index in [-0.39, 0.29) is 5.91 Å². The van der Waals surface area contributed by atoms with Gasteiger partial charge < -0.3 is 14.8 Å². The Balaban J connectivity index is 2.39. The highest BCUT2D eigenvalue weighted by Crippen LogP contribution is 2.20. The minimum Gasteiger partial charge on any atom is -0.481 e. The van der Waals surface area contributed by atoms with E-state index in [0.717, 1.165) is 12.2 Å². The summed E-state index contributed by atoms with van der Waals surface area (Å²) in [5.74, 6) is 1.08. The Hall–Kier alpha value is -1.55. The normalized spacial score (nSPS) is 12.2. The lowest BCUT2D eigenvalue weighted by Gasteiger charge is -2.16. The van der Waals surface area contributed by atoms with Gasteiger partial charge in [-0.2, -0.15) is 0 Å². The van der Waals surface area contributed by atoms with Crippen molar-refractivity contribution in [3.05, 3.63) is 29.8 Å². The Morgan fingerprint density at radius 3 is 2.71 bits per heavy atom. The first kappa shape index (κ1) is 17.5. The number of hydrogen-bond acceptors (Lipinski definition) is 3. The number of nitrogens with one attached hydrogen (secondary N) is 1. The van der Waals surface area contributed by atoms with Gasteiger partial charge in [-0.1, -0.05) is 26.0 Å². The number of carbonyl (C=O) groups excluding carboxylic acids is 1. The van der Waals surface area contributed by atoms with Crippen LogP contribution in [0.4, 0.5) is 0 Å². The fourth-order valence-electron chi connectivity index (χ4n) is 1.88. The van der Waals surface area contributed by atoms with Crippen LogP contribution in [0.15, 0.2) is 24.3 Å². The van der Waals surface area contributed by atoms with Crippen molar-refractivity contribution in [1.29, 1.82) is 0 Å². The minimum absolute atomic E-state index is 0.0959. The molecule has 0 saturated carbocycles. The maximum atomic E-state index is 11.9. The Morgan fingerprint density at radius 2 is 2.05 bits per heavy atom. The number of benzene rings is 1. The molecule has 0 aliphatic rings. The zero-order valence-electron chi connectivity index (χ0n) is 13.5. The predicted molar refractivity (Wildman–Crippen MR) is 84.7 cm³/mol. The third-order valence-electron chi connectivity index (χ3n) is 3.18. The van der Waals surface area contributed by atoms with Crippen molar-refractivity contribution < 1.29 is 14.3 Å². The second kappa shape index (κ2) is 9.40. The number of rotatable bonds is 9. The van der Waals surface area contributed by atoms with Crippen molar-refractivity contribution in [2.45, 2.75) is 46.1 Å². The van der Waals surface area contributed by atoms with Crippen LogP contribution in [-0.4, -0.2) is 31.8 Å². The van der Waals surface area contributed by atoms with Gasteiger partial charge in [-0.25, -0.2) is 0 Å². The van der Waals surface area contributed by atoms with Crippen LogP contribution in [0, 0.1) is 0 Å². The molecular weight excluding hydrogens is 266 g/mol. The first-order valence-electron chi connectivity index (χ1n) is 7.66. The molecule has 1 rings (SSSR count). The van der Waals surface area contributed by atoms with Gasteiger partial charge in [-0.05, 0) is 43.9 Å². The van der Waals surface area contributed by atoms with Crippen LogP contribution in [0.2, 0.25) is 0 Å². The third kappa shape index (κ3) is 6.63. The number of ether oxygens (including phenoxy) is 2. The van der Waals surface area contributed by atoms with E-state index in [9.17, 15) is 4.79 Å². The van der Waals surface area contributed by atoms with Gasteiger partial charge in [0.15, 0.2) is 6.10 Å². The molecule has 1 aromatic rings. The van der Waals surface area contributed by atoms with Gasteiger partial charge in [0.05, 0.1) is 0 Å². The summed E-state index contributed by atoms with van der Waals surface area (Å²) in [5, 5.41) is 2.86. The summed E-state index contributed by atoms with van der Waals surface area (Å²) in [4.78, 5) is 11.9. The average molecular weight is 293 g/mol. The zero-order chi connectivity index (χ0) is 15.7. The first-order valence-corrected chi connectivity index (χ1v) is 7.66. The Bertz CT molecular complexity index is 432. The summed E-state index contributed by atoms with van der Waals surface area (Å²) >= 11 is 0. The molecule has 1 unspecified atom stereocenters. The van der Waals surface area contributed by atoms with Crippen molar-refractivity contribution in [3.63, 3.8) is 0 Å². The summed E-state index contributed by atoms with van der Waals surface area (Å²) in [6.45, 7) is 9.97. The summed E-state index contributed by atoms with van der Waals surface area (Å²) < 4.78 is 10.9. The Labute approximate surface area is 127 Å². The third-order valence-corrected chi connectivity index (χ3v) is 3.18. The van der Waals surface area contributed by atoms with Crippen molar-refractivity contribution in [3.8, 4) is 5.75 Å². The summed E-state index contributed by atoms with van der Waals surface area (Å²) in [6, 6.07) is 7.89. The van der Waals surface area contributed by atoms with Crippen molar-refractivity contribution >= 4 is 5.91 Å². The van der Waals surface area contributed by atoms with Crippen molar-refractivity contribution in [2.75, 3.05) is 19.8 Å². The van der Waals surface area contributed by atoms with Crippen LogP contribution in [0.5, 0.6) is 5.75 Å². The highest BCUT2D eigenvalue weighted by molar-refractivity contribution is 5.80. The lowest BCUT2D eigenvalue weighted by atomic mass is 10.0. The van der Waals surface area contributed by atoms with Crippen molar-refractivity contribution in [1.82, 2.24) is 5.32 Å². The summed E-state index contributed by atoms with van der Waals surface area (Å²) in [6.07, 6.45) is 0.314. The maximum absolute atomic E-state index is 11.9. The largest absolute Gasteiger partial charge is 0.481 e. The molecular formula is C17H27NO3.